The van der Waals surface area contributed by atoms with Gasteiger partial charge < -0.3 is 14.4 Å². The largest absolute Gasteiger partial charge is 0.382 e. The third-order valence-corrected chi connectivity index (χ3v) is 3.30. The summed E-state index contributed by atoms with van der Waals surface area (Å²) >= 11 is 0. The lowest BCUT2D eigenvalue weighted by atomic mass is 10.1. The molecule has 18 heavy (non-hydrogen) atoms. The van der Waals surface area contributed by atoms with Crippen molar-refractivity contribution in [1.82, 2.24) is 4.90 Å². The molecule has 1 saturated carbocycles. The normalized spacial score (nSPS) is 16.4. The first-order valence-electron chi connectivity index (χ1n) is 7.01. The van der Waals surface area contributed by atoms with E-state index in [2.05, 4.69) is 13.8 Å². The first-order valence-corrected chi connectivity index (χ1v) is 7.01. The molecule has 0 saturated heterocycles. The van der Waals surface area contributed by atoms with Crippen molar-refractivity contribution < 1.29 is 14.3 Å². The molecule has 0 radical (unpaired) electrons. The summed E-state index contributed by atoms with van der Waals surface area (Å²) in [5.41, 5.74) is 0. The van der Waals surface area contributed by atoms with Crippen molar-refractivity contribution in [2.45, 2.75) is 45.6 Å². The van der Waals surface area contributed by atoms with Gasteiger partial charge in [0.2, 0.25) is 5.91 Å². The van der Waals surface area contributed by atoms with Gasteiger partial charge in [-0.3, -0.25) is 4.79 Å². The predicted octanol–water partition coefficient (Wildman–Crippen LogP) is 2.08. The molecule has 4 heteroatoms. The molecular formula is C14H27NO3. The summed E-state index contributed by atoms with van der Waals surface area (Å²) in [7, 11) is 1.63. The van der Waals surface area contributed by atoms with E-state index >= 15 is 0 Å². The monoisotopic (exact) mass is 257 g/mol. The number of ether oxygens (including phenoxy) is 2. The van der Waals surface area contributed by atoms with Gasteiger partial charge in [-0.25, -0.2) is 0 Å². The first-order chi connectivity index (χ1) is 8.65. The highest BCUT2D eigenvalue weighted by Crippen LogP contribution is 2.24. The molecule has 0 spiro atoms. The van der Waals surface area contributed by atoms with Crippen molar-refractivity contribution in [1.29, 1.82) is 0 Å². The summed E-state index contributed by atoms with van der Waals surface area (Å²) in [6.07, 6.45) is 4.79. The van der Waals surface area contributed by atoms with Crippen LogP contribution in [0.5, 0.6) is 0 Å². The fourth-order valence-electron chi connectivity index (χ4n) is 2.45. The topological polar surface area (TPSA) is 38.8 Å². The molecule has 0 aliphatic heterocycles. The van der Waals surface area contributed by atoms with Crippen LogP contribution in [0.4, 0.5) is 0 Å². The van der Waals surface area contributed by atoms with E-state index in [1.165, 1.54) is 12.8 Å². The average Bonchev–Trinajstić information content (AvgIpc) is 2.84. The smallest absolute Gasteiger partial charge is 0.248 e. The number of carbonyl (C=O) groups is 1. The maximum absolute atomic E-state index is 12.2. The van der Waals surface area contributed by atoms with Gasteiger partial charge in [0.25, 0.3) is 0 Å². The molecular weight excluding hydrogens is 230 g/mol. The molecule has 0 aromatic carbocycles. The van der Waals surface area contributed by atoms with Gasteiger partial charge in [-0.1, -0.05) is 26.7 Å². The number of amides is 1. The minimum Gasteiger partial charge on any atom is -0.382 e. The predicted molar refractivity (Wildman–Crippen MR) is 71.5 cm³/mol. The van der Waals surface area contributed by atoms with Crippen LogP contribution in [0.1, 0.15) is 39.5 Å². The molecule has 106 valence electrons. The van der Waals surface area contributed by atoms with Crippen LogP contribution in [0.15, 0.2) is 0 Å². The second kappa shape index (κ2) is 8.48. The Morgan fingerprint density at radius 3 is 2.50 bits per heavy atom. The number of hydrogen-bond acceptors (Lipinski definition) is 3. The maximum Gasteiger partial charge on any atom is 0.248 e. The molecule has 1 fully saturated rings. The molecule has 0 unspecified atom stereocenters. The second-order valence-electron chi connectivity index (χ2n) is 5.42. The summed E-state index contributed by atoms with van der Waals surface area (Å²) in [5, 5.41) is 0. The zero-order valence-electron chi connectivity index (χ0n) is 12.0. The van der Waals surface area contributed by atoms with E-state index in [1.54, 1.807) is 7.11 Å². The Morgan fingerprint density at radius 1 is 1.28 bits per heavy atom. The van der Waals surface area contributed by atoms with Crippen LogP contribution in [-0.4, -0.2) is 50.3 Å². The van der Waals surface area contributed by atoms with Crippen LogP contribution in [-0.2, 0) is 14.3 Å². The lowest BCUT2D eigenvalue weighted by Gasteiger charge is -2.30. The van der Waals surface area contributed by atoms with E-state index in [-0.39, 0.29) is 12.5 Å². The summed E-state index contributed by atoms with van der Waals surface area (Å²) in [5.74, 6) is 0.639. The molecule has 0 heterocycles. The van der Waals surface area contributed by atoms with Gasteiger partial charge in [0.1, 0.15) is 6.61 Å². The summed E-state index contributed by atoms with van der Waals surface area (Å²) in [6, 6.07) is 0.436. The highest BCUT2D eigenvalue weighted by molar-refractivity contribution is 5.77. The molecule has 0 aromatic heterocycles. The van der Waals surface area contributed by atoms with Gasteiger partial charge in [0, 0.05) is 19.7 Å². The maximum atomic E-state index is 12.2. The van der Waals surface area contributed by atoms with Crippen molar-refractivity contribution in [2.24, 2.45) is 5.92 Å². The lowest BCUT2D eigenvalue weighted by molar-refractivity contribution is -0.139. The molecule has 1 aliphatic rings. The molecule has 0 aromatic rings. The fraction of sp³-hybridized carbons (Fsp3) is 0.929. The number of methoxy groups -OCH3 is 1. The number of carbonyl (C=O) groups excluding carboxylic acids is 1. The van der Waals surface area contributed by atoms with Crippen molar-refractivity contribution in [3.63, 3.8) is 0 Å². The number of rotatable bonds is 8. The van der Waals surface area contributed by atoms with E-state index in [9.17, 15) is 4.79 Å². The Hall–Kier alpha value is -0.610. The lowest BCUT2D eigenvalue weighted by Crippen LogP contribution is -2.43. The van der Waals surface area contributed by atoms with Gasteiger partial charge in [0.05, 0.1) is 13.2 Å². The number of nitrogens with zero attached hydrogens (tertiary/aromatic N) is 1. The van der Waals surface area contributed by atoms with Crippen LogP contribution in [0.3, 0.4) is 0 Å². The SMILES string of the molecule is COCCOCC(=O)N(CC(C)C)C1CCCC1. The Morgan fingerprint density at radius 2 is 1.94 bits per heavy atom. The average molecular weight is 257 g/mol. The molecule has 1 amide bonds. The van der Waals surface area contributed by atoms with E-state index < -0.39 is 0 Å². The Balaban J connectivity index is 2.39. The zero-order valence-corrected chi connectivity index (χ0v) is 12.0. The first kappa shape index (κ1) is 15.4. The van der Waals surface area contributed by atoms with Crippen molar-refractivity contribution in [3.8, 4) is 0 Å². The molecule has 1 aliphatic carbocycles. The fourth-order valence-corrected chi connectivity index (χ4v) is 2.45. The third kappa shape index (κ3) is 5.36. The molecule has 0 atom stereocenters. The van der Waals surface area contributed by atoms with Gasteiger partial charge >= 0.3 is 0 Å². The van der Waals surface area contributed by atoms with Crippen LogP contribution >= 0.6 is 0 Å². The van der Waals surface area contributed by atoms with E-state index in [4.69, 9.17) is 9.47 Å². The summed E-state index contributed by atoms with van der Waals surface area (Å²) < 4.78 is 10.2. The van der Waals surface area contributed by atoms with Crippen LogP contribution in [0, 0.1) is 5.92 Å². The van der Waals surface area contributed by atoms with E-state index in [1.807, 2.05) is 4.90 Å². The zero-order chi connectivity index (χ0) is 13.4. The van der Waals surface area contributed by atoms with Crippen LogP contribution in [0.2, 0.25) is 0 Å². The van der Waals surface area contributed by atoms with Gasteiger partial charge in [-0.05, 0) is 18.8 Å². The minimum atomic E-state index is 0.131. The minimum absolute atomic E-state index is 0.131. The Bertz CT molecular complexity index is 237. The molecule has 4 nitrogen and oxygen atoms in total. The van der Waals surface area contributed by atoms with E-state index in [0.717, 1.165) is 19.4 Å². The highest BCUT2D eigenvalue weighted by Gasteiger charge is 2.26. The standard InChI is InChI=1S/C14H27NO3/c1-12(2)10-15(13-6-4-5-7-13)14(16)11-18-9-8-17-3/h12-13H,4-11H2,1-3H3. The van der Waals surface area contributed by atoms with Gasteiger partial charge in [-0.15, -0.1) is 0 Å². The summed E-state index contributed by atoms with van der Waals surface area (Å²) in [6.45, 7) is 6.37. The highest BCUT2D eigenvalue weighted by atomic mass is 16.5. The third-order valence-electron chi connectivity index (χ3n) is 3.30. The molecule has 0 bridgehead atoms. The van der Waals surface area contributed by atoms with Crippen molar-refractivity contribution >= 4 is 5.91 Å². The van der Waals surface area contributed by atoms with Gasteiger partial charge in [0.15, 0.2) is 0 Å². The number of hydrogen-bond donors (Lipinski definition) is 0. The van der Waals surface area contributed by atoms with Gasteiger partial charge in [-0.2, -0.15) is 0 Å². The Labute approximate surface area is 111 Å². The van der Waals surface area contributed by atoms with E-state index in [0.29, 0.717) is 25.2 Å². The molecule has 1 rings (SSSR count). The van der Waals surface area contributed by atoms with Crippen LogP contribution in [0.25, 0.3) is 0 Å². The van der Waals surface area contributed by atoms with Crippen molar-refractivity contribution in [3.05, 3.63) is 0 Å². The second-order valence-corrected chi connectivity index (χ2v) is 5.42. The van der Waals surface area contributed by atoms with Crippen molar-refractivity contribution in [2.75, 3.05) is 33.5 Å². The van der Waals surface area contributed by atoms with Crippen LogP contribution < -0.4 is 0 Å². The quantitative estimate of drug-likeness (QED) is 0.625. The molecule has 0 N–H and O–H groups in total. The Kier molecular flexibility index (Phi) is 7.28. The summed E-state index contributed by atoms with van der Waals surface area (Å²) in [4.78, 5) is 14.2.